The summed E-state index contributed by atoms with van der Waals surface area (Å²) in [6, 6.07) is 4.31. The molecule has 0 amide bonds. The maximum atomic E-state index is 13.2. The van der Waals surface area contributed by atoms with Gasteiger partial charge in [-0.3, -0.25) is 0 Å². The van der Waals surface area contributed by atoms with Crippen LogP contribution in [0.1, 0.15) is 17.5 Å². The molecule has 0 spiro atoms. The van der Waals surface area contributed by atoms with Crippen molar-refractivity contribution >= 4 is 12.0 Å². The lowest BCUT2D eigenvalue weighted by Crippen LogP contribution is -2.20. The predicted molar refractivity (Wildman–Crippen MR) is 71.1 cm³/mol. The molecule has 1 aromatic rings. The van der Waals surface area contributed by atoms with Crippen LogP contribution in [0.5, 0.6) is 0 Å². The van der Waals surface area contributed by atoms with E-state index in [0.717, 1.165) is 18.2 Å². The number of rotatable bonds is 7. The normalized spacial score (nSPS) is 11.4. The summed E-state index contributed by atoms with van der Waals surface area (Å²) in [6.07, 6.45) is 3.05. The van der Waals surface area contributed by atoms with Crippen molar-refractivity contribution in [2.24, 2.45) is 0 Å². The van der Waals surface area contributed by atoms with E-state index in [0.29, 0.717) is 18.5 Å². The van der Waals surface area contributed by atoms with E-state index in [1.165, 1.54) is 18.2 Å². The second kappa shape index (κ2) is 7.66. The average molecular weight is 267 g/mol. The van der Waals surface area contributed by atoms with E-state index in [1.807, 2.05) is 11.9 Å². The molecule has 0 heterocycles. The highest BCUT2D eigenvalue weighted by molar-refractivity contribution is 5.85. The van der Waals surface area contributed by atoms with Gasteiger partial charge in [-0.05, 0) is 42.8 Å². The molecule has 5 heteroatoms. The van der Waals surface area contributed by atoms with Crippen LogP contribution in [0.4, 0.5) is 4.39 Å². The monoisotopic (exact) mass is 267 g/mol. The molecule has 0 aliphatic heterocycles. The van der Waals surface area contributed by atoms with Gasteiger partial charge in [-0.1, -0.05) is 6.07 Å². The highest BCUT2D eigenvalue weighted by Gasteiger charge is 2.06. The van der Waals surface area contributed by atoms with Crippen molar-refractivity contribution in [3.8, 4) is 0 Å². The molecule has 1 aromatic carbocycles. The molecule has 0 saturated heterocycles. The zero-order chi connectivity index (χ0) is 14.3. The molecule has 0 atom stereocenters. The lowest BCUT2D eigenvalue weighted by molar-refractivity contribution is -0.131. The van der Waals surface area contributed by atoms with Gasteiger partial charge in [-0.25, -0.2) is 9.18 Å². The second-order valence-corrected chi connectivity index (χ2v) is 4.33. The zero-order valence-corrected chi connectivity index (χ0v) is 10.8. The minimum Gasteiger partial charge on any atom is -0.478 e. The third kappa shape index (κ3) is 5.63. The first-order valence-electron chi connectivity index (χ1n) is 6.01. The van der Waals surface area contributed by atoms with Gasteiger partial charge in [0, 0.05) is 25.8 Å². The molecule has 0 aromatic heterocycles. The Hall–Kier alpha value is -1.72. The van der Waals surface area contributed by atoms with Gasteiger partial charge in [0.05, 0.1) is 0 Å². The number of aliphatic carboxylic acids is 1. The largest absolute Gasteiger partial charge is 0.478 e. The van der Waals surface area contributed by atoms with Crippen LogP contribution in [0.25, 0.3) is 6.08 Å². The molecule has 0 bridgehead atoms. The Morgan fingerprint density at radius 3 is 2.84 bits per heavy atom. The zero-order valence-electron chi connectivity index (χ0n) is 10.8. The lowest BCUT2D eigenvalue weighted by atomic mass is 10.1. The first kappa shape index (κ1) is 15.3. The van der Waals surface area contributed by atoms with Crippen LogP contribution in [0.3, 0.4) is 0 Å². The quantitative estimate of drug-likeness (QED) is 0.739. The summed E-state index contributed by atoms with van der Waals surface area (Å²) in [7, 11) is 1.89. The van der Waals surface area contributed by atoms with Crippen LogP contribution in [-0.2, 0) is 11.3 Å². The Morgan fingerprint density at radius 2 is 2.21 bits per heavy atom. The van der Waals surface area contributed by atoms with Gasteiger partial charge in [0.15, 0.2) is 0 Å². The number of halogens is 1. The average Bonchev–Trinajstić information content (AvgIpc) is 2.36. The van der Waals surface area contributed by atoms with Crippen molar-refractivity contribution < 1.29 is 19.4 Å². The summed E-state index contributed by atoms with van der Waals surface area (Å²) in [5.74, 6) is -1.46. The van der Waals surface area contributed by atoms with Gasteiger partial charge >= 0.3 is 5.97 Å². The number of nitrogens with zero attached hydrogens (tertiary/aromatic N) is 1. The summed E-state index contributed by atoms with van der Waals surface area (Å²) in [6.45, 7) is 1.41. The predicted octanol–water partition coefficient (Wildman–Crippen LogP) is 1.74. The number of aliphatic hydroxyl groups is 1. The van der Waals surface area contributed by atoms with Crippen LogP contribution in [-0.4, -0.2) is 41.3 Å². The number of carboxylic acids is 1. The van der Waals surface area contributed by atoms with E-state index in [1.54, 1.807) is 6.07 Å². The molecule has 104 valence electrons. The van der Waals surface area contributed by atoms with E-state index in [2.05, 4.69) is 0 Å². The summed E-state index contributed by atoms with van der Waals surface area (Å²) in [5.41, 5.74) is 1.40. The summed E-state index contributed by atoms with van der Waals surface area (Å²) in [4.78, 5) is 12.5. The molecular formula is C14H18FNO3. The van der Waals surface area contributed by atoms with Crippen LogP contribution in [0.15, 0.2) is 24.3 Å². The molecule has 0 fully saturated rings. The Bertz CT molecular complexity index is 460. The van der Waals surface area contributed by atoms with Crippen molar-refractivity contribution in [2.45, 2.75) is 13.0 Å². The molecule has 0 aliphatic rings. The fraction of sp³-hybridized carbons (Fsp3) is 0.357. The summed E-state index contributed by atoms with van der Waals surface area (Å²) < 4.78 is 13.2. The van der Waals surface area contributed by atoms with Crippen LogP contribution in [0.2, 0.25) is 0 Å². The maximum Gasteiger partial charge on any atom is 0.328 e. The molecular weight excluding hydrogens is 249 g/mol. The first-order chi connectivity index (χ1) is 9.02. The molecule has 19 heavy (non-hydrogen) atoms. The number of hydrogen-bond acceptors (Lipinski definition) is 3. The first-order valence-corrected chi connectivity index (χ1v) is 6.01. The van der Waals surface area contributed by atoms with Crippen LogP contribution in [0, 0.1) is 5.82 Å². The fourth-order valence-corrected chi connectivity index (χ4v) is 1.74. The van der Waals surface area contributed by atoms with E-state index < -0.39 is 11.8 Å². The molecule has 0 radical (unpaired) electrons. The van der Waals surface area contributed by atoms with Crippen molar-refractivity contribution in [3.63, 3.8) is 0 Å². The molecule has 0 unspecified atom stereocenters. The molecule has 4 nitrogen and oxygen atoms in total. The number of aliphatic hydroxyl groups excluding tert-OH is 1. The number of carbonyl (C=O) groups is 1. The van der Waals surface area contributed by atoms with Crippen molar-refractivity contribution in [1.82, 2.24) is 4.90 Å². The number of hydrogen-bond donors (Lipinski definition) is 2. The van der Waals surface area contributed by atoms with Crippen LogP contribution < -0.4 is 0 Å². The molecule has 0 aliphatic carbocycles. The molecule has 1 rings (SSSR count). The van der Waals surface area contributed by atoms with E-state index in [9.17, 15) is 9.18 Å². The number of benzene rings is 1. The Morgan fingerprint density at radius 1 is 1.47 bits per heavy atom. The van der Waals surface area contributed by atoms with Gasteiger partial charge in [0.2, 0.25) is 0 Å². The second-order valence-electron chi connectivity index (χ2n) is 4.33. The van der Waals surface area contributed by atoms with Gasteiger partial charge in [0.1, 0.15) is 5.82 Å². The smallest absolute Gasteiger partial charge is 0.328 e. The minimum absolute atomic E-state index is 0.125. The van der Waals surface area contributed by atoms with E-state index in [4.69, 9.17) is 10.2 Å². The van der Waals surface area contributed by atoms with Gasteiger partial charge in [0.25, 0.3) is 0 Å². The molecule has 0 saturated carbocycles. The van der Waals surface area contributed by atoms with Crippen LogP contribution >= 0.6 is 0 Å². The number of carboxylic acid groups (broad SMARTS) is 1. The van der Waals surface area contributed by atoms with Gasteiger partial charge < -0.3 is 15.1 Å². The SMILES string of the molecule is CN(CCCO)Cc1ccc(F)cc1/C=C/C(=O)O. The van der Waals surface area contributed by atoms with Crippen molar-refractivity contribution in [2.75, 3.05) is 20.2 Å². The standard InChI is InChI=1S/C14H18FNO3/c1-16(7-2-8-17)10-12-3-5-13(15)9-11(12)4-6-14(18)19/h3-6,9,17H,2,7-8,10H2,1H3,(H,18,19)/b6-4+. The third-order valence-corrected chi connectivity index (χ3v) is 2.65. The van der Waals surface area contributed by atoms with E-state index in [-0.39, 0.29) is 6.61 Å². The fourth-order valence-electron chi connectivity index (χ4n) is 1.74. The Balaban J connectivity index is 2.84. The highest BCUT2D eigenvalue weighted by Crippen LogP contribution is 2.15. The Kier molecular flexibility index (Phi) is 6.18. The van der Waals surface area contributed by atoms with Crippen molar-refractivity contribution in [3.05, 3.63) is 41.2 Å². The van der Waals surface area contributed by atoms with Gasteiger partial charge in [-0.15, -0.1) is 0 Å². The third-order valence-electron chi connectivity index (χ3n) is 2.65. The lowest BCUT2D eigenvalue weighted by Gasteiger charge is -2.17. The van der Waals surface area contributed by atoms with Crippen molar-refractivity contribution in [1.29, 1.82) is 0 Å². The highest BCUT2D eigenvalue weighted by atomic mass is 19.1. The Labute approximate surface area is 111 Å². The maximum absolute atomic E-state index is 13.2. The molecule has 2 N–H and O–H groups in total. The van der Waals surface area contributed by atoms with E-state index >= 15 is 0 Å². The topological polar surface area (TPSA) is 60.8 Å². The minimum atomic E-state index is -1.07. The summed E-state index contributed by atoms with van der Waals surface area (Å²) >= 11 is 0. The van der Waals surface area contributed by atoms with Gasteiger partial charge in [-0.2, -0.15) is 0 Å². The summed E-state index contributed by atoms with van der Waals surface area (Å²) in [5, 5.41) is 17.4.